The fraction of sp³-hybridized carbons (Fsp3) is 0.375. The number of furan rings is 1. The first kappa shape index (κ1) is 14.5. The number of aromatic carboxylic acids is 1. The van der Waals surface area contributed by atoms with Gasteiger partial charge in [0.2, 0.25) is 15.8 Å². The Kier molecular flexibility index (Phi) is 3.72. The van der Waals surface area contributed by atoms with Crippen LogP contribution in [0.4, 0.5) is 13.2 Å². The summed E-state index contributed by atoms with van der Waals surface area (Å²) in [7, 11) is -4.46. The van der Waals surface area contributed by atoms with Crippen LogP contribution in [0.5, 0.6) is 0 Å². The van der Waals surface area contributed by atoms with E-state index in [4.69, 9.17) is 5.11 Å². The van der Waals surface area contributed by atoms with Gasteiger partial charge in [0, 0.05) is 6.07 Å². The molecule has 0 saturated carbocycles. The lowest BCUT2D eigenvalue weighted by Gasteiger charge is -2.08. The van der Waals surface area contributed by atoms with Gasteiger partial charge in [-0.1, -0.05) is 0 Å². The van der Waals surface area contributed by atoms with Crippen molar-refractivity contribution in [2.24, 2.45) is 0 Å². The molecule has 1 aromatic rings. The van der Waals surface area contributed by atoms with Crippen molar-refractivity contribution in [1.29, 1.82) is 0 Å². The minimum atomic E-state index is -4.71. The van der Waals surface area contributed by atoms with Gasteiger partial charge in [0.1, 0.15) is 17.2 Å². The van der Waals surface area contributed by atoms with Gasteiger partial charge in [-0.25, -0.2) is 17.9 Å². The van der Waals surface area contributed by atoms with Gasteiger partial charge in [-0.05, 0) is 6.92 Å². The highest BCUT2D eigenvalue weighted by Crippen LogP contribution is 2.21. The first-order valence-electron chi connectivity index (χ1n) is 4.43. The molecule has 1 aromatic heterocycles. The Bertz CT molecular complexity index is 560. The SMILES string of the molecule is Cc1oc(C(=O)O)cc1S(=O)(=O)NCC(F)(F)F. The van der Waals surface area contributed by atoms with E-state index >= 15 is 0 Å². The molecule has 0 aliphatic carbocycles. The van der Waals surface area contributed by atoms with Gasteiger partial charge in [-0.3, -0.25) is 0 Å². The Balaban J connectivity index is 3.02. The molecule has 0 bridgehead atoms. The molecule has 18 heavy (non-hydrogen) atoms. The molecule has 0 saturated heterocycles. The van der Waals surface area contributed by atoms with E-state index in [0.29, 0.717) is 6.07 Å². The first-order chi connectivity index (χ1) is 8.03. The Morgan fingerprint density at radius 2 is 2.06 bits per heavy atom. The third-order valence-electron chi connectivity index (χ3n) is 1.84. The van der Waals surface area contributed by atoms with Crippen LogP contribution >= 0.6 is 0 Å². The number of nitrogens with one attached hydrogen (secondary N) is 1. The first-order valence-corrected chi connectivity index (χ1v) is 5.91. The average molecular weight is 287 g/mol. The van der Waals surface area contributed by atoms with E-state index in [-0.39, 0.29) is 5.76 Å². The van der Waals surface area contributed by atoms with Crippen LogP contribution in [-0.4, -0.2) is 32.2 Å². The summed E-state index contributed by atoms with van der Waals surface area (Å²) < 4.78 is 64.5. The van der Waals surface area contributed by atoms with Crippen molar-refractivity contribution in [3.63, 3.8) is 0 Å². The maximum atomic E-state index is 11.9. The zero-order valence-electron chi connectivity index (χ0n) is 8.91. The molecule has 0 unspecified atom stereocenters. The molecular formula is C8H8F3NO5S. The predicted molar refractivity (Wildman–Crippen MR) is 51.6 cm³/mol. The summed E-state index contributed by atoms with van der Waals surface area (Å²) in [5.74, 6) is -2.49. The van der Waals surface area contributed by atoms with E-state index in [0.717, 1.165) is 6.92 Å². The van der Waals surface area contributed by atoms with E-state index in [2.05, 4.69) is 4.42 Å². The Morgan fingerprint density at radius 3 is 2.44 bits per heavy atom. The molecule has 0 spiro atoms. The molecular weight excluding hydrogens is 279 g/mol. The number of carboxylic acid groups (broad SMARTS) is 1. The molecule has 0 aliphatic heterocycles. The molecule has 0 atom stereocenters. The predicted octanol–water partition coefficient (Wildman–Crippen LogP) is 1.13. The van der Waals surface area contributed by atoms with Crippen LogP contribution in [0, 0.1) is 6.92 Å². The second kappa shape index (κ2) is 4.61. The summed E-state index contributed by atoms with van der Waals surface area (Å²) in [5, 5.41) is 8.56. The van der Waals surface area contributed by atoms with Gasteiger partial charge in [0.05, 0.1) is 0 Å². The molecule has 0 aromatic carbocycles. The minimum absolute atomic E-state index is 0.304. The number of rotatable bonds is 4. The van der Waals surface area contributed by atoms with Crippen LogP contribution in [0.3, 0.4) is 0 Å². The van der Waals surface area contributed by atoms with E-state index in [1.807, 2.05) is 0 Å². The van der Waals surface area contributed by atoms with Crippen LogP contribution in [0.25, 0.3) is 0 Å². The van der Waals surface area contributed by atoms with Gasteiger partial charge >= 0.3 is 12.1 Å². The lowest BCUT2D eigenvalue weighted by molar-refractivity contribution is -0.121. The highest BCUT2D eigenvalue weighted by Gasteiger charge is 2.31. The number of hydrogen-bond acceptors (Lipinski definition) is 4. The van der Waals surface area contributed by atoms with Crippen molar-refractivity contribution in [3.05, 3.63) is 17.6 Å². The van der Waals surface area contributed by atoms with Crippen LogP contribution in [0.2, 0.25) is 0 Å². The maximum absolute atomic E-state index is 11.9. The standard InChI is InChI=1S/C8H8F3NO5S/c1-4-6(2-5(17-4)7(13)14)18(15,16)12-3-8(9,10)11/h2,12H,3H2,1H3,(H,13,14). The number of carbonyl (C=O) groups is 1. The molecule has 10 heteroatoms. The monoisotopic (exact) mass is 287 g/mol. The number of alkyl halides is 3. The summed E-state index contributed by atoms with van der Waals surface area (Å²) in [6.45, 7) is -0.614. The normalized spacial score (nSPS) is 12.7. The quantitative estimate of drug-likeness (QED) is 0.865. The third-order valence-corrected chi connectivity index (χ3v) is 3.34. The molecule has 0 amide bonds. The minimum Gasteiger partial charge on any atom is -0.475 e. The number of halogens is 3. The van der Waals surface area contributed by atoms with Crippen molar-refractivity contribution >= 4 is 16.0 Å². The largest absolute Gasteiger partial charge is 0.475 e. The lowest BCUT2D eigenvalue weighted by Crippen LogP contribution is -2.33. The second-order valence-electron chi connectivity index (χ2n) is 3.28. The molecule has 0 fully saturated rings. The van der Waals surface area contributed by atoms with Crippen LogP contribution < -0.4 is 4.72 Å². The molecule has 2 N–H and O–H groups in total. The Morgan fingerprint density at radius 1 is 1.50 bits per heavy atom. The molecule has 1 heterocycles. The number of carboxylic acids is 1. The lowest BCUT2D eigenvalue weighted by atomic mass is 10.4. The Hall–Kier alpha value is -1.55. The highest BCUT2D eigenvalue weighted by atomic mass is 32.2. The van der Waals surface area contributed by atoms with Crippen molar-refractivity contribution in [3.8, 4) is 0 Å². The second-order valence-corrected chi connectivity index (χ2v) is 5.01. The Labute approximate surface area is 99.4 Å². The van der Waals surface area contributed by atoms with E-state index < -0.39 is 39.4 Å². The fourth-order valence-electron chi connectivity index (χ4n) is 1.09. The number of hydrogen-bond donors (Lipinski definition) is 2. The summed E-state index contributed by atoms with van der Waals surface area (Å²) in [6.07, 6.45) is -4.71. The topological polar surface area (TPSA) is 96.6 Å². The summed E-state index contributed by atoms with van der Waals surface area (Å²) >= 11 is 0. The van der Waals surface area contributed by atoms with Crippen molar-refractivity contribution in [1.82, 2.24) is 4.72 Å². The van der Waals surface area contributed by atoms with Crippen LogP contribution in [0.1, 0.15) is 16.3 Å². The summed E-state index contributed by atoms with van der Waals surface area (Å²) in [4.78, 5) is 9.89. The van der Waals surface area contributed by atoms with Crippen molar-refractivity contribution in [2.45, 2.75) is 18.0 Å². The average Bonchev–Trinajstić information content (AvgIpc) is 2.57. The van der Waals surface area contributed by atoms with E-state index in [1.165, 1.54) is 4.72 Å². The summed E-state index contributed by atoms with van der Waals surface area (Å²) in [5.41, 5.74) is 0. The zero-order valence-corrected chi connectivity index (χ0v) is 9.72. The zero-order chi connectivity index (χ0) is 14.1. The van der Waals surface area contributed by atoms with Crippen molar-refractivity contribution in [2.75, 3.05) is 6.54 Å². The van der Waals surface area contributed by atoms with Gasteiger partial charge in [-0.15, -0.1) is 0 Å². The molecule has 0 radical (unpaired) electrons. The van der Waals surface area contributed by atoms with Crippen LogP contribution in [-0.2, 0) is 10.0 Å². The number of sulfonamides is 1. The fourth-order valence-corrected chi connectivity index (χ4v) is 2.28. The molecule has 0 aliphatic rings. The van der Waals surface area contributed by atoms with E-state index in [9.17, 15) is 26.4 Å². The smallest absolute Gasteiger partial charge is 0.402 e. The van der Waals surface area contributed by atoms with Crippen molar-refractivity contribution < 1.29 is 35.9 Å². The third kappa shape index (κ3) is 3.47. The highest BCUT2D eigenvalue weighted by molar-refractivity contribution is 7.89. The van der Waals surface area contributed by atoms with Gasteiger partial charge in [-0.2, -0.15) is 13.2 Å². The van der Waals surface area contributed by atoms with Crippen LogP contribution in [0.15, 0.2) is 15.4 Å². The summed E-state index contributed by atoms with van der Waals surface area (Å²) in [6, 6.07) is 0.649. The number of aryl methyl sites for hydroxylation is 1. The van der Waals surface area contributed by atoms with E-state index in [1.54, 1.807) is 0 Å². The van der Waals surface area contributed by atoms with Gasteiger partial charge in [0.15, 0.2) is 0 Å². The molecule has 102 valence electrons. The van der Waals surface area contributed by atoms with Gasteiger partial charge < -0.3 is 9.52 Å². The van der Waals surface area contributed by atoms with Gasteiger partial charge in [0.25, 0.3) is 0 Å². The molecule has 1 rings (SSSR count). The molecule has 6 nitrogen and oxygen atoms in total. The maximum Gasteiger partial charge on any atom is 0.402 e.